The average molecular weight is 381 g/mol. The maximum Gasteiger partial charge on any atom is 0.251 e. The molecule has 0 saturated heterocycles. The van der Waals surface area contributed by atoms with E-state index in [-0.39, 0.29) is 0 Å². The number of hydrogen-bond donors (Lipinski definition) is 3. The summed E-state index contributed by atoms with van der Waals surface area (Å²) in [5.74, 6) is -1.22. The van der Waals surface area contributed by atoms with Gasteiger partial charge in [0.2, 0.25) is 5.91 Å². The third-order valence-corrected chi connectivity index (χ3v) is 5.17. The number of rotatable bonds is 6. The van der Waals surface area contributed by atoms with Gasteiger partial charge in [-0.1, -0.05) is 18.2 Å². The fourth-order valence-electron chi connectivity index (χ4n) is 2.96. The van der Waals surface area contributed by atoms with E-state index in [4.69, 9.17) is 21.9 Å². The predicted octanol–water partition coefficient (Wildman–Crippen LogP) is 2.94. The molecule has 138 valence electrons. The van der Waals surface area contributed by atoms with Crippen LogP contribution in [0.4, 0.5) is 5.69 Å². The summed E-state index contributed by atoms with van der Waals surface area (Å²) >= 11 is 1.60. The molecule has 1 heterocycles. The molecule has 2 amide bonds. The molecular formula is C20H19N3O3S. The van der Waals surface area contributed by atoms with Crippen LogP contribution in [0.3, 0.4) is 0 Å². The van der Waals surface area contributed by atoms with E-state index in [2.05, 4.69) is 0 Å². The number of thiophene rings is 1. The molecule has 3 rings (SSSR count). The van der Waals surface area contributed by atoms with Crippen molar-refractivity contribution in [3.63, 3.8) is 0 Å². The van der Waals surface area contributed by atoms with Gasteiger partial charge >= 0.3 is 0 Å². The molecule has 0 bridgehead atoms. The molecule has 0 aliphatic carbocycles. The van der Waals surface area contributed by atoms with Crippen LogP contribution in [0.15, 0.2) is 53.9 Å². The van der Waals surface area contributed by atoms with Crippen LogP contribution in [0.5, 0.6) is 0 Å². The summed E-state index contributed by atoms with van der Waals surface area (Å²) in [6.07, 6.45) is -0.938. The molecule has 0 spiro atoms. The minimum Gasteiger partial charge on any atom is -0.398 e. The van der Waals surface area contributed by atoms with Crippen LogP contribution >= 0.6 is 11.3 Å². The van der Waals surface area contributed by atoms with Crippen LogP contribution in [0.2, 0.25) is 0 Å². The number of ether oxygens (including phenoxy) is 1. The zero-order valence-electron chi connectivity index (χ0n) is 14.6. The lowest BCUT2D eigenvalue weighted by molar-refractivity contribution is -0.128. The van der Waals surface area contributed by atoms with Gasteiger partial charge in [-0.2, -0.15) is 0 Å². The van der Waals surface area contributed by atoms with E-state index in [1.54, 1.807) is 35.6 Å². The number of primary amides is 2. The summed E-state index contributed by atoms with van der Waals surface area (Å²) in [6.45, 7) is 0. The van der Waals surface area contributed by atoms with Crippen molar-refractivity contribution in [3.8, 4) is 21.6 Å². The minimum atomic E-state index is -0.938. The Morgan fingerprint density at radius 3 is 2.41 bits per heavy atom. The molecule has 0 saturated carbocycles. The fraction of sp³-hybridized carbons (Fsp3) is 0.100. The highest BCUT2D eigenvalue weighted by Gasteiger charge is 2.21. The van der Waals surface area contributed by atoms with Gasteiger partial charge in [-0.15, -0.1) is 11.3 Å². The lowest BCUT2D eigenvalue weighted by atomic mass is 9.92. The van der Waals surface area contributed by atoms with Crippen LogP contribution in [-0.2, 0) is 9.53 Å². The first kappa shape index (κ1) is 18.6. The fourth-order valence-corrected chi connectivity index (χ4v) is 3.69. The number of methoxy groups -OCH3 is 1. The molecule has 7 heteroatoms. The number of benzene rings is 2. The van der Waals surface area contributed by atoms with Gasteiger partial charge in [-0.25, -0.2) is 0 Å². The predicted molar refractivity (Wildman–Crippen MR) is 107 cm³/mol. The van der Waals surface area contributed by atoms with E-state index in [1.165, 1.54) is 7.11 Å². The molecule has 0 fully saturated rings. The van der Waals surface area contributed by atoms with Gasteiger partial charge in [0.25, 0.3) is 5.91 Å². The summed E-state index contributed by atoms with van der Waals surface area (Å²) in [6, 6.07) is 14.4. The monoisotopic (exact) mass is 381 g/mol. The summed E-state index contributed by atoms with van der Waals surface area (Å²) in [5, 5.41) is 1.98. The van der Waals surface area contributed by atoms with Gasteiger partial charge in [0.1, 0.15) is 0 Å². The minimum absolute atomic E-state index is 0.299. The largest absolute Gasteiger partial charge is 0.398 e. The van der Waals surface area contributed by atoms with Crippen LogP contribution in [-0.4, -0.2) is 18.9 Å². The van der Waals surface area contributed by atoms with Crippen LogP contribution in [0, 0.1) is 0 Å². The maximum absolute atomic E-state index is 12.0. The topological polar surface area (TPSA) is 121 Å². The zero-order chi connectivity index (χ0) is 19.6. The van der Waals surface area contributed by atoms with Crippen LogP contribution < -0.4 is 17.2 Å². The van der Waals surface area contributed by atoms with E-state index in [9.17, 15) is 9.59 Å². The summed E-state index contributed by atoms with van der Waals surface area (Å²) in [7, 11) is 1.39. The first-order chi connectivity index (χ1) is 12.9. The van der Waals surface area contributed by atoms with E-state index in [0.717, 1.165) is 10.4 Å². The summed E-state index contributed by atoms with van der Waals surface area (Å²) < 4.78 is 5.18. The Kier molecular flexibility index (Phi) is 5.25. The molecule has 0 aliphatic heterocycles. The molecule has 1 atom stereocenters. The van der Waals surface area contributed by atoms with E-state index in [1.807, 2.05) is 29.6 Å². The molecule has 2 aromatic carbocycles. The smallest absolute Gasteiger partial charge is 0.251 e. The Morgan fingerprint density at radius 1 is 1.04 bits per heavy atom. The highest BCUT2D eigenvalue weighted by molar-refractivity contribution is 7.13. The lowest BCUT2D eigenvalue weighted by Gasteiger charge is -2.16. The van der Waals surface area contributed by atoms with Crippen molar-refractivity contribution in [1.29, 1.82) is 0 Å². The first-order valence-electron chi connectivity index (χ1n) is 8.12. The van der Waals surface area contributed by atoms with Gasteiger partial charge in [-0.3, -0.25) is 9.59 Å². The Hall–Kier alpha value is -3.16. The van der Waals surface area contributed by atoms with Crippen molar-refractivity contribution < 1.29 is 14.3 Å². The molecule has 6 nitrogen and oxygen atoms in total. The van der Waals surface area contributed by atoms with Crippen molar-refractivity contribution in [1.82, 2.24) is 0 Å². The molecule has 6 N–H and O–H groups in total. The zero-order valence-corrected chi connectivity index (χ0v) is 15.5. The van der Waals surface area contributed by atoms with Gasteiger partial charge in [0, 0.05) is 28.8 Å². The quantitative estimate of drug-likeness (QED) is 0.568. The van der Waals surface area contributed by atoms with Gasteiger partial charge in [0.05, 0.1) is 0 Å². The summed E-state index contributed by atoms with van der Waals surface area (Å²) in [5.41, 5.74) is 20.6. The SMILES string of the molecule is COC(C(N)=O)c1ccc(C(N)=O)c(-c2cc(-c3cccs3)ccc2N)c1. The first-order valence-corrected chi connectivity index (χ1v) is 9.00. The third kappa shape index (κ3) is 3.69. The highest BCUT2D eigenvalue weighted by atomic mass is 32.1. The number of nitrogens with two attached hydrogens (primary N) is 3. The Balaban J connectivity index is 2.21. The average Bonchev–Trinajstić information content (AvgIpc) is 3.17. The van der Waals surface area contributed by atoms with Gasteiger partial charge in [0.15, 0.2) is 6.10 Å². The molecule has 3 aromatic rings. The standard InChI is InChI=1S/C20H19N3O3S/c1-26-18(20(23)25)12-4-6-13(19(22)24)14(10-12)15-9-11(5-7-16(15)21)17-3-2-8-27-17/h2-10,18H,21H2,1H3,(H2,22,24)(H2,23,25). The second kappa shape index (κ2) is 7.61. The van der Waals surface area contributed by atoms with Crippen LogP contribution in [0.1, 0.15) is 22.0 Å². The molecule has 0 radical (unpaired) electrons. The Labute approximate surface area is 160 Å². The lowest BCUT2D eigenvalue weighted by Crippen LogP contribution is -2.23. The third-order valence-electron chi connectivity index (χ3n) is 4.26. The van der Waals surface area contributed by atoms with Crippen molar-refractivity contribution in [2.45, 2.75) is 6.10 Å². The van der Waals surface area contributed by atoms with Crippen molar-refractivity contribution in [2.24, 2.45) is 11.5 Å². The number of carbonyl (C=O) groups excluding carboxylic acids is 2. The van der Waals surface area contributed by atoms with Crippen molar-refractivity contribution in [2.75, 3.05) is 12.8 Å². The Bertz CT molecular complexity index is 1000. The van der Waals surface area contributed by atoms with Gasteiger partial charge in [-0.05, 0) is 52.4 Å². The number of carbonyl (C=O) groups is 2. The molecule has 0 aliphatic rings. The van der Waals surface area contributed by atoms with Crippen LogP contribution in [0.25, 0.3) is 21.6 Å². The molecular weight excluding hydrogens is 362 g/mol. The molecule has 27 heavy (non-hydrogen) atoms. The molecule has 1 unspecified atom stereocenters. The normalized spacial score (nSPS) is 11.9. The number of amides is 2. The highest BCUT2D eigenvalue weighted by Crippen LogP contribution is 2.36. The summed E-state index contributed by atoms with van der Waals surface area (Å²) in [4.78, 5) is 24.7. The van der Waals surface area contributed by atoms with E-state index in [0.29, 0.717) is 27.9 Å². The number of nitrogen functional groups attached to an aromatic ring is 1. The Morgan fingerprint density at radius 2 is 1.81 bits per heavy atom. The molecule has 1 aromatic heterocycles. The second-order valence-corrected chi connectivity index (χ2v) is 6.91. The number of hydrogen-bond acceptors (Lipinski definition) is 5. The second-order valence-electron chi connectivity index (χ2n) is 5.97. The maximum atomic E-state index is 12.0. The van der Waals surface area contributed by atoms with E-state index < -0.39 is 17.9 Å². The van der Waals surface area contributed by atoms with E-state index >= 15 is 0 Å². The van der Waals surface area contributed by atoms with Crippen molar-refractivity contribution >= 4 is 28.8 Å². The van der Waals surface area contributed by atoms with Crippen molar-refractivity contribution in [3.05, 3.63) is 65.0 Å². The number of anilines is 1. The van der Waals surface area contributed by atoms with Gasteiger partial charge < -0.3 is 21.9 Å².